The highest BCUT2D eigenvalue weighted by Gasteiger charge is 2.45. The molecular weight excluding hydrogens is 304 g/mol. The molecule has 2 aliphatic rings. The monoisotopic (exact) mass is 326 g/mol. The van der Waals surface area contributed by atoms with Gasteiger partial charge < -0.3 is 10.1 Å². The van der Waals surface area contributed by atoms with Gasteiger partial charge in [0.15, 0.2) is 5.69 Å². The number of hydrogen-bond acceptors (Lipinski definition) is 4. The summed E-state index contributed by atoms with van der Waals surface area (Å²) in [5, 5.41) is 10.3. The lowest BCUT2D eigenvalue weighted by atomic mass is 9.99. The summed E-state index contributed by atoms with van der Waals surface area (Å²) >= 11 is 0. The molecule has 0 spiro atoms. The molecule has 126 valence electrons. The highest BCUT2D eigenvalue weighted by atomic mass is 16.5. The lowest BCUT2D eigenvalue weighted by molar-refractivity contribution is -0.00697. The Bertz CT molecular complexity index is 752. The van der Waals surface area contributed by atoms with Gasteiger partial charge in [-0.2, -0.15) is 5.10 Å². The van der Waals surface area contributed by atoms with Crippen LogP contribution in [-0.4, -0.2) is 33.7 Å². The van der Waals surface area contributed by atoms with Crippen LogP contribution in [-0.2, 0) is 16.6 Å². The number of hydrogen-bond donors (Lipinski definition) is 2. The number of nitrogens with one attached hydrogen (secondary N) is 2. The Morgan fingerprint density at radius 1 is 1.42 bits per heavy atom. The second-order valence-corrected chi connectivity index (χ2v) is 6.94. The number of amides is 1. The molecule has 6 heteroatoms. The van der Waals surface area contributed by atoms with Gasteiger partial charge in [-0.1, -0.05) is 6.07 Å². The Morgan fingerprint density at radius 2 is 2.25 bits per heavy atom. The van der Waals surface area contributed by atoms with E-state index in [1.54, 1.807) is 0 Å². The molecule has 1 saturated carbocycles. The molecule has 6 nitrogen and oxygen atoms in total. The molecule has 0 radical (unpaired) electrons. The molecule has 0 unspecified atom stereocenters. The number of fused-ring (bicyclic) bond motifs is 1. The third kappa shape index (κ3) is 2.60. The molecule has 1 fully saturated rings. The lowest BCUT2D eigenvalue weighted by Gasteiger charge is -2.25. The molecule has 3 heterocycles. The number of rotatable bonds is 4. The van der Waals surface area contributed by atoms with Crippen molar-refractivity contribution in [2.75, 3.05) is 6.54 Å². The molecular formula is C18H22N4O2. The maximum Gasteiger partial charge on any atom is 0.272 e. The maximum atomic E-state index is 12.6. The normalized spacial score (nSPS) is 24.2. The summed E-state index contributed by atoms with van der Waals surface area (Å²) in [4.78, 5) is 17.1. The molecule has 1 aliphatic carbocycles. The number of H-pyrrole nitrogens is 1. The predicted octanol–water partition coefficient (Wildman–Crippen LogP) is 2.29. The van der Waals surface area contributed by atoms with Crippen LogP contribution in [0.4, 0.5) is 0 Å². The van der Waals surface area contributed by atoms with E-state index in [-0.39, 0.29) is 23.5 Å². The van der Waals surface area contributed by atoms with Crippen LogP contribution >= 0.6 is 0 Å². The van der Waals surface area contributed by atoms with Crippen molar-refractivity contribution in [3.8, 4) is 0 Å². The summed E-state index contributed by atoms with van der Waals surface area (Å²) in [6.45, 7) is 4.61. The number of carbonyl (C=O) groups excluding carboxylic acids is 1. The van der Waals surface area contributed by atoms with Gasteiger partial charge in [0.05, 0.1) is 17.9 Å². The van der Waals surface area contributed by atoms with E-state index in [4.69, 9.17) is 4.74 Å². The second-order valence-electron chi connectivity index (χ2n) is 6.94. The van der Waals surface area contributed by atoms with Crippen LogP contribution in [0.2, 0.25) is 0 Å². The van der Waals surface area contributed by atoms with Crippen molar-refractivity contribution in [3.63, 3.8) is 0 Å². The molecule has 0 saturated heterocycles. The van der Waals surface area contributed by atoms with Crippen LogP contribution in [0.5, 0.6) is 0 Å². The number of carbonyl (C=O) groups is 1. The smallest absolute Gasteiger partial charge is 0.272 e. The average molecular weight is 326 g/mol. The van der Waals surface area contributed by atoms with Crippen molar-refractivity contribution in [1.29, 1.82) is 0 Å². The van der Waals surface area contributed by atoms with Crippen molar-refractivity contribution in [3.05, 3.63) is 47.0 Å². The van der Waals surface area contributed by atoms with Crippen molar-refractivity contribution >= 4 is 5.91 Å². The first kappa shape index (κ1) is 15.3. The molecule has 2 atom stereocenters. The van der Waals surface area contributed by atoms with E-state index in [1.165, 1.54) is 0 Å². The van der Waals surface area contributed by atoms with E-state index < -0.39 is 0 Å². The van der Waals surface area contributed by atoms with Crippen LogP contribution in [0.1, 0.15) is 60.2 Å². The van der Waals surface area contributed by atoms with Gasteiger partial charge in [0.1, 0.15) is 0 Å². The molecule has 2 aromatic heterocycles. The molecule has 0 bridgehead atoms. The Balaban J connectivity index is 1.48. The van der Waals surface area contributed by atoms with Crippen molar-refractivity contribution in [2.24, 2.45) is 0 Å². The van der Waals surface area contributed by atoms with Gasteiger partial charge in [0.2, 0.25) is 0 Å². The van der Waals surface area contributed by atoms with Crippen LogP contribution in [0.3, 0.4) is 0 Å². The minimum Gasteiger partial charge on any atom is -0.369 e. The quantitative estimate of drug-likeness (QED) is 0.903. The fourth-order valence-electron chi connectivity index (χ4n) is 3.55. The Labute approximate surface area is 141 Å². The Kier molecular flexibility index (Phi) is 3.64. The fourth-order valence-corrected chi connectivity index (χ4v) is 3.55. The number of nitrogens with zero attached hydrogens (tertiary/aromatic N) is 2. The Hall–Kier alpha value is -2.21. The zero-order chi connectivity index (χ0) is 16.7. The third-order valence-corrected chi connectivity index (χ3v) is 5.10. The summed E-state index contributed by atoms with van der Waals surface area (Å²) in [6, 6.07) is 5.95. The molecule has 1 aliphatic heterocycles. The zero-order valence-corrected chi connectivity index (χ0v) is 14.0. The van der Waals surface area contributed by atoms with E-state index in [1.807, 2.05) is 38.2 Å². The minimum atomic E-state index is -0.115. The Morgan fingerprint density at radius 3 is 2.96 bits per heavy atom. The summed E-state index contributed by atoms with van der Waals surface area (Å²) in [5.41, 5.74) is 3.47. The molecule has 4 rings (SSSR count). The van der Waals surface area contributed by atoms with Gasteiger partial charge >= 0.3 is 0 Å². The van der Waals surface area contributed by atoms with Crippen LogP contribution in [0.15, 0.2) is 24.4 Å². The molecule has 1 amide bonds. The molecule has 2 N–H and O–H groups in total. The highest BCUT2D eigenvalue weighted by molar-refractivity contribution is 5.94. The van der Waals surface area contributed by atoms with Gasteiger partial charge in [-0.05, 0) is 38.8 Å². The average Bonchev–Trinajstić information content (AvgIpc) is 3.26. The first-order valence-electron chi connectivity index (χ1n) is 8.51. The molecule has 2 aromatic rings. The number of ether oxygens (including phenoxy) is 1. The van der Waals surface area contributed by atoms with Crippen molar-refractivity contribution < 1.29 is 9.53 Å². The zero-order valence-electron chi connectivity index (χ0n) is 14.0. The standard InChI is InChI=1S/C18H22N4O2/c1-11-9-13-15(12(2)24-11)21-22-16(13)17(23)20-10-18(6-7-18)14-5-3-4-8-19-14/h3-5,8,11-12H,6-7,9-10H2,1-2H3,(H,20,23)(H,21,22)/t11-,12+/m1/s1. The van der Waals surface area contributed by atoms with Crippen molar-refractivity contribution in [2.45, 2.75) is 50.7 Å². The topological polar surface area (TPSA) is 79.9 Å². The van der Waals surface area contributed by atoms with E-state index in [2.05, 4.69) is 20.5 Å². The summed E-state index contributed by atoms with van der Waals surface area (Å²) in [7, 11) is 0. The number of pyridine rings is 1. The first-order chi connectivity index (χ1) is 11.6. The van der Waals surface area contributed by atoms with Gasteiger partial charge in [-0.3, -0.25) is 14.9 Å². The largest absolute Gasteiger partial charge is 0.369 e. The van der Waals surface area contributed by atoms with Crippen LogP contribution in [0.25, 0.3) is 0 Å². The summed E-state index contributed by atoms with van der Waals surface area (Å²) in [5.74, 6) is -0.115. The van der Waals surface area contributed by atoms with Gasteiger partial charge in [0, 0.05) is 35.8 Å². The summed E-state index contributed by atoms with van der Waals surface area (Å²) < 4.78 is 5.78. The minimum absolute atomic E-state index is 0.00299. The SMILES string of the molecule is C[C@@H]1Cc2c(C(=O)NCC3(c4ccccn4)CC3)n[nH]c2[C@H](C)O1. The summed E-state index contributed by atoms with van der Waals surface area (Å²) in [6.07, 6.45) is 4.69. The molecule has 0 aromatic carbocycles. The van der Waals surface area contributed by atoms with Crippen molar-refractivity contribution in [1.82, 2.24) is 20.5 Å². The van der Waals surface area contributed by atoms with E-state index in [9.17, 15) is 4.79 Å². The van der Waals surface area contributed by atoms with Gasteiger partial charge in [-0.15, -0.1) is 0 Å². The van der Waals surface area contributed by atoms with E-state index in [0.29, 0.717) is 18.7 Å². The third-order valence-electron chi connectivity index (χ3n) is 5.10. The molecule has 24 heavy (non-hydrogen) atoms. The van der Waals surface area contributed by atoms with E-state index >= 15 is 0 Å². The fraction of sp³-hybridized carbons (Fsp3) is 0.500. The van der Waals surface area contributed by atoms with Crippen LogP contribution < -0.4 is 5.32 Å². The first-order valence-corrected chi connectivity index (χ1v) is 8.51. The van der Waals surface area contributed by atoms with Gasteiger partial charge in [0.25, 0.3) is 5.91 Å². The van der Waals surface area contributed by atoms with Gasteiger partial charge in [-0.25, -0.2) is 0 Å². The number of aromatic amines is 1. The van der Waals surface area contributed by atoms with Crippen LogP contribution in [0, 0.1) is 0 Å². The predicted molar refractivity (Wildman–Crippen MR) is 88.7 cm³/mol. The second kappa shape index (κ2) is 5.70. The maximum absolute atomic E-state index is 12.6. The lowest BCUT2D eigenvalue weighted by Crippen LogP contribution is -2.34. The highest BCUT2D eigenvalue weighted by Crippen LogP contribution is 2.46. The number of aromatic nitrogens is 3. The van der Waals surface area contributed by atoms with E-state index in [0.717, 1.165) is 29.8 Å².